The lowest BCUT2D eigenvalue weighted by molar-refractivity contribution is 0.935. The summed E-state index contributed by atoms with van der Waals surface area (Å²) >= 11 is 1.41. The molecule has 0 saturated carbocycles. The van der Waals surface area contributed by atoms with Gasteiger partial charge in [0.05, 0.1) is 0 Å². The Balaban J connectivity index is 3.74. The number of nitrogens with two attached hydrogens (primary N) is 1. The number of unbranched alkanes of at least 4 members (excludes halogenated alkanes) is 1. The van der Waals surface area contributed by atoms with Gasteiger partial charge in [0.25, 0.3) is 0 Å². The van der Waals surface area contributed by atoms with Crippen LogP contribution in [0.25, 0.3) is 0 Å². The molecule has 0 bridgehead atoms. The van der Waals surface area contributed by atoms with Crippen molar-refractivity contribution in [3.05, 3.63) is 11.6 Å². The molecule has 0 aliphatic rings. The van der Waals surface area contributed by atoms with Crippen molar-refractivity contribution < 1.29 is 0 Å². The van der Waals surface area contributed by atoms with Gasteiger partial charge in [-0.05, 0) is 12.8 Å². The van der Waals surface area contributed by atoms with Crippen LogP contribution in [0.3, 0.4) is 0 Å². The first-order valence-electron chi connectivity index (χ1n) is 4.35. The van der Waals surface area contributed by atoms with E-state index in [0.29, 0.717) is 0 Å². The second kappa shape index (κ2) is 7.22. The zero-order chi connectivity index (χ0) is 9.40. The molecule has 0 aliphatic heterocycles. The molecule has 0 amide bonds. The lowest BCUT2D eigenvalue weighted by Crippen LogP contribution is -2.05. The summed E-state index contributed by atoms with van der Waals surface area (Å²) in [4.78, 5) is 0. The van der Waals surface area contributed by atoms with Crippen LogP contribution >= 0.6 is 11.8 Å². The molecule has 0 fully saturated rings. The number of hydrogen-bond acceptors (Lipinski definition) is 2. The first-order chi connectivity index (χ1) is 5.70. The molecular formula is C9H18N2S. The predicted molar refractivity (Wildman–Crippen MR) is 57.7 cm³/mol. The Hall–Kier alpha value is -0.440. The Morgan fingerprint density at radius 2 is 2.17 bits per heavy atom. The van der Waals surface area contributed by atoms with E-state index < -0.39 is 0 Å². The van der Waals surface area contributed by atoms with Crippen LogP contribution in [0, 0.1) is 5.41 Å². The number of allylic oxidation sites excluding steroid dienone is 1. The van der Waals surface area contributed by atoms with Gasteiger partial charge >= 0.3 is 0 Å². The van der Waals surface area contributed by atoms with Gasteiger partial charge in [-0.15, -0.1) is 0 Å². The van der Waals surface area contributed by atoms with Crippen molar-refractivity contribution in [3.8, 4) is 0 Å². The highest BCUT2D eigenvalue weighted by molar-refractivity contribution is 8.13. The van der Waals surface area contributed by atoms with Gasteiger partial charge < -0.3 is 5.73 Å². The topological polar surface area (TPSA) is 49.9 Å². The molecule has 0 heterocycles. The zero-order valence-electron chi connectivity index (χ0n) is 7.89. The number of nitrogens with one attached hydrogen (secondary N) is 1. The summed E-state index contributed by atoms with van der Waals surface area (Å²) in [5.74, 6) is 0.881. The third kappa shape index (κ3) is 6.28. The van der Waals surface area contributed by atoms with Crippen molar-refractivity contribution in [2.24, 2.45) is 5.73 Å². The van der Waals surface area contributed by atoms with Crippen molar-refractivity contribution in [2.45, 2.75) is 33.1 Å². The Morgan fingerprint density at radius 3 is 2.58 bits per heavy atom. The Bertz CT molecular complexity index is 164. The first kappa shape index (κ1) is 11.6. The summed E-state index contributed by atoms with van der Waals surface area (Å²) in [6.45, 7) is 4.31. The zero-order valence-corrected chi connectivity index (χ0v) is 8.71. The van der Waals surface area contributed by atoms with Crippen molar-refractivity contribution >= 4 is 16.9 Å². The molecule has 2 nitrogen and oxygen atoms in total. The van der Waals surface area contributed by atoms with Gasteiger partial charge in [0.2, 0.25) is 0 Å². The van der Waals surface area contributed by atoms with Crippen molar-refractivity contribution in [3.63, 3.8) is 0 Å². The molecule has 3 N–H and O–H groups in total. The van der Waals surface area contributed by atoms with E-state index in [4.69, 9.17) is 11.1 Å². The molecule has 70 valence electrons. The molecular weight excluding hydrogens is 168 g/mol. The summed E-state index contributed by atoms with van der Waals surface area (Å²) in [5, 5.41) is 7.27. The summed E-state index contributed by atoms with van der Waals surface area (Å²) in [6.07, 6.45) is 5.66. The number of hydrogen-bond donors (Lipinski definition) is 2. The van der Waals surface area contributed by atoms with Crippen molar-refractivity contribution in [2.75, 3.05) is 5.75 Å². The average molecular weight is 186 g/mol. The van der Waals surface area contributed by atoms with E-state index in [1.165, 1.54) is 23.8 Å². The molecule has 0 unspecified atom stereocenters. The highest BCUT2D eigenvalue weighted by Gasteiger charge is 1.95. The lowest BCUT2D eigenvalue weighted by Gasteiger charge is -2.02. The van der Waals surface area contributed by atoms with E-state index in [-0.39, 0.29) is 5.17 Å². The van der Waals surface area contributed by atoms with Crippen LogP contribution < -0.4 is 5.73 Å². The maximum atomic E-state index is 7.05. The minimum Gasteiger partial charge on any atom is -0.379 e. The molecule has 0 atom stereocenters. The minimum atomic E-state index is 0.214. The fourth-order valence-electron chi connectivity index (χ4n) is 0.824. The summed E-state index contributed by atoms with van der Waals surface area (Å²) in [6, 6.07) is 0. The smallest absolute Gasteiger partial charge is 0.151 e. The first-order valence-corrected chi connectivity index (χ1v) is 5.34. The molecule has 0 aromatic rings. The van der Waals surface area contributed by atoms with E-state index in [1.54, 1.807) is 0 Å². The van der Waals surface area contributed by atoms with E-state index >= 15 is 0 Å². The third-order valence-corrected chi connectivity index (χ3v) is 2.42. The van der Waals surface area contributed by atoms with Gasteiger partial charge in [-0.3, -0.25) is 5.41 Å². The highest BCUT2D eigenvalue weighted by atomic mass is 32.2. The SMILES string of the molecule is CCC/C=C(\CC)CSC(=N)N. The van der Waals surface area contributed by atoms with Gasteiger partial charge in [0, 0.05) is 5.75 Å². The van der Waals surface area contributed by atoms with E-state index in [0.717, 1.165) is 18.6 Å². The van der Waals surface area contributed by atoms with Crippen LogP contribution in [-0.2, 0) is 0 Å². The van der Waals surface area contributed by atoms with E-state index in [9.17, 15) is 0 Å². The normalized spacial score (nSPS) is 11.7. The fraction of sp³-hybridized carbons (Fsp3) is 0.667. The van der Waals surface area contributed by atoms with Gasteiger partial charge in [-0.1, -0.05) is 43.7 Å². The van der Waals surface area contributed by atoms with Crippen molar-refractivity contribution in [1.82, 2.24) is 0 Å². The van der Waals surface area contributed by atoms with Crippen LogP contribution in [-0.4, -0.2) is 10.9 Å². The van der Waals surface area contributed by atoms with Gasteiger partial charge in [-0.25, -0.2) is 0 Å². The maximum absolute atomic E-state index is 7.05. The van der Waals surface area contributed by atoms with Crippen molar-refractivity contribution in [1.29, 1.82) is 5.41 Å². The number of rotatable bonds is 5. The Kier molecular flexibility index (Phi) is 6.96. The fourth-order valence-corrected chi connectivity index (χ4v) is 1.49. The maximum Gasteiger partial charge on any atom is 0.151 e. The molecule has 12 heavy (non-hydrogen) atoms. The second-order valence-electron chi connectivity index (χ2n) is 2.66. The molecule has 0 aliphatic carbocycles. The molecule has 0 aromatic carbocycles. The largest absolute Gasteiger partial charge is 0.379 e. The quantitative estimate of drug-likeness (QED) is 0.394. The van der Waals surface area contributed by atoms with Gasteiger partial charge in [0.1, 0.15) is 0 Å². The summed E-state index contributed by atoms with van der Waals surface area (Å²) < 4.78 is 0. The monoisotopic (exact) mass is 186 g/mol. The molecule has 0 aromatic heterocycles. The molecule has 0 radical (unpaired) electrons. The second-order valence-corrected chi connectivity index (χ2v) is 3.67. The van der Waals surface area contributed by atoms with Crippen LogP contribution in [0.2, 0.25) is 0 Å². The molecule has 3 heteroatoms. The number of thioether (sulfide) groups is 1. The van der Waals surface area contributed by atoms with E-state index in [2.05, 4.69) is 19.9 Å². The summed E-state index contributed by atoms with van der Waals surface area (Å²) in [7, 11) is 0. The third-order valence-electron chi connectivity index (χ3n) is 1.59. The van der Waals surface area contributed by atoms with Gasteiger partial charge in [0.15, 0.2) is 5.17 Å². The number of amidine groups is 1. The molecule has 0 rings (SSSR count). The Labute approximate surface area is 79.1 Å². The molecule has 0 spiro atoms. The summed E-state index contributed by atoms with van der Waals surface area (Å²) in [5.41, 5.74) is 6.64. The predicted octanol–water partition coefficient (Wildman–Crippen LogP) is 2.75. The minimum absolute atomic E-state index is 0.214. The van der Waals surface area contributed by atoms with Crippen LogP contribution in [0.4, 0.5) is 0 Å². The highest BCUT2D eigenvalue weighted by Crippen LogP contribution is 2.11. The lowest BCUT2D eigenvalue weighted by atomic mass is 10.2. The average Bonchev–Trinajstić information content (AvgIpc) is 2.05. The van der Waals surface area contributed by atoms with Crippen LogP contribution in [0.1, 0.15) is 33.1 Å². The van der Waals surface area contributed by atoms with Crippen LogP contribution in [0.15, 0.2) is 11.6 Å². The van der Waals surface area contributed by atoms with Crippen LogP contribution in [0.5, 0.6) is 0 Å². The Morgan fingerprint density at radius 1 is 1.50 bits per heavy atom. The molecule has 0 saturated heterocycles. The van der Waals surface area contributed by atoms with Gasteiger partial charge in [-0.2, -0.15) is 0 Å². The standard InChI is InChI=1S/C9H18N2S/c1-3-5-6-8(4-2)7-12-9(10)11/h6H,3-5,7H2,1-2H3,(H3,10,11)/b8-6+. The van der Waals surface area contributed by atoms with E-state index in [1.807, 2.05) is 0 Å².